The standard InChI is InChI=1S/C11H24N2O2/c1-4-13(5-2)11(15)9-12-8-10(3)6-7-14/h10,12,14H,4-9H2,1-3H3. The third kappa shape index (κ3) is 6.47. The lowest BCUT2D eigenvalue weighted by atomic mass is 10.1. The summed E-state index contributed by atoms with van der Waals surface area (Å²) in [6, 6.07) is 0. The third-order valence-electron chi connectivity index (χ3n) is 2.51. The molecule has 0 aromatic carbocycles. The molecule has 4 heteroatoms. The Morgan fingerprint density at radius 3 is 2.47 bits per heavy atom. The van der Waals surface area contributed by atoms with Gasteiger partial charge in [-0.1, -0.05) is 6.92 Å². The molecule has 0 aromatic rings. The minimum absolute atomic E-state index is 0.149. The molecule has 0 aliphatic heterocycles. The zero-order valence-corrected chi connectivity index (χ0v) is 10.1. The van der Waals surface area contributed by atoms with Crippen molar-refractivity contribution in [2.24, 2.45) is 5.92 Å². The van der Waals surface area contributed by atoms with Gasteiger partial charge in [0.1, 0.15) is 0 Å². The molecule has 1 amide bonds. The second kappa shape index (κ2) is 8.68. The zero-order chi connectivity index (χ0) is 11.7. The van der Waals surface area contributed by atoms with Gasteiger partial charge in [0.05, 0.1) is 6.54 Å². The molecule has 1 unspecified atom stereocenters. The fraction of sp³-hybridized carbons (Fsp3) is 0.909. The summed E-state index contributed by atoms with van der Waals surface area (Å²) in [7, 11) is 0. The SMILES string of the molecule is CCN(CC)C(=O)CNCC(C)CCO. The maximum absolute atomic E-state index is 11.6. The van der Waals surface area contributed by atoms with Gasteiger partial charge in [0, 0.05) is 19.7 Å². The monoisotopic (exact) mass is 216 g/mol. The molecule has 90 valence electrons. The lowest BCUT2D eigenvalue weighted by Gasteiger charge is -2.19. The normalized spacial score (nSPS) is 12.5. The molecule has 0 aromatic heterocycles. The molecule has 2 N–H and O–H groups in total. The topological polar surface area (TPSA) is 52.6 Å². The fourth-order valence-electron chi connectivity index (χ4n) is 1.44. The van der Waals surface area contributed by atoms with Crippen LogP contribution in [-0.4, -0.2) is 48.7 Å². The van der Waals surface area contributed by atoms with Crippen molar-refractivity contribution in [3.05, 3.63) is 0 Å². The molecule has 0 rings (SSSR count). The van der Waals surface area contributed by atoms with E-state index in [0.29, 0.717) is 12.5 Å². The number of carbonyl (C=O) groups excluding carboxylic acids is 1. The number of rotatable bonds is 8. The molecule has 0 fully saturated rings. The van der Waals surface area contributed by atoms with E-state index in [1.165, 1.54) is 0 Å². The van der Waals surface area contributed by atoms with E-state index in [0.717, 1.165) is 26.1 Å². The van der Waals surface area contributed by atoms with Crippen molar-refractivity contribution in [3.63, 3.8) is 0 Å². The highest BCUT2D eigenvalue weighted by molar-refractivity contribution is 5.78. The summed E-state index contributed by atoms with van der Waals surface area (Å²) >= 11 is 0. The minimum Gasteiger partial charge on any atom is -0.396 e. The summed E-state index contributed by atoms with van der Waals surface area (Å²) in [5.41, 5.74) is 0. The molecule has 0 spiro atoms. The predicted octanol–water partition coefficient (Wildman–Crippen LogP) is 0.463. The van der Waals surface area contributed by atoms with Crippen LogP contribution in [0.3, 0.4) is 0 Å². The number of nitrogens with one attached hydrogen (secondary N) is 1. The Balaban J connectivity index is 3.62. The van der Waals surface area contributed by atoms with E-state index < -0.39 is 0 Å². The van der Waals surface area contributed by atoms with Crippen molar-refractivity contribution in [2.45, 2.75) is 27.2 Å². The average molecular weight is 216 g/mol. The summed E-state index contributed by atoms with van der Waals surface area (Å²) in [5, 5.41) is 11.8. The molecule has 0 aliphatic rings. The van der Waals surface area contributed by atoms with Gasteiger partial charge in [-0.25, -0.2) is 0 Å². The van der Waals surface area contributed by atoms with Gasteiger partial charge in [0.2, 0.25) is 5.91 Å². The van der Waals surface area contributed by atoms with Gasteiger partial charge < -0.3 is 15.3 Å². The van der Waals surface area contributed by atoms with Gasteiger partial charge in [-0.3, -0.25) is 4.79 Å². The van der Waals surface area contributed by atoms with Crippen LogP contribution in [0.1, 0.15) is 27.2 Å². The first kappa shape index (κ1) is 14.4. The minimum atomic E-state index is 0.149. The van der Waals surface area contributed by atoms with Crippen LogP contribution in [0.5, 0.6) is 0 Å². The number of nitrogens with zero attached hydrogens (tertiary/aromatic N) is 1. The second-order valence-corrected chi connectivity index (χ2v) is 3.81. The predicted molar refractivity (Wildman–Crippen MR) is 61.7 cm³/mol. The van der Waals surface area contributed by atoms with Crippen molar-refractivity contribution in [3.8, 4) is 0 Å². The lowest BCUT2D eigenvalue weighted by Crippen LogP contribution is -2.39. The summed E-state index contributed by atoms with van der Waals surface area (Å²) in [4.78, 5) is 13.4. The zero-order valence-electron chi connectivity index (χ0n) is 10.1. The van der Waals surface area contributed by atoms with Crippen molar-refractivity contribution >= 4 is 5.91 Å². The number of likely N-dealkylation sites (N-methyl/N-ethyl adjacent to an activating group) is 1. The van der Waals surface area contributed by atoms with Crippen LogP contribution < -0.4 is 5.32 Å². The van der Waals surface area contributed by atoms with E-state index in [2.05, 4.69) is 12.2 Å². The first-order valence-electron chi connectivity index (χ1n) is 5.75. The lowest BCUT2D eigenvalue weighted by molar-refractivity contribution is -0.129. The van der Waals surface area contributed by atoms with Crippen LogP contribution in [0.4, 0.5) is 0 Å². The van der Waals surface area contributed by atoms with Crippen molar-refractivity contribution in [1.82, 2.24) is 10.2 Å². The van der Waals surface area contributed by atoms with Gasteiger partial charge in [0.25, 0.3) is 0 Å². The number of hydrogen-bond donors (Lipinski definition) is 2. The van der Waals surface area contributed by atoms with Crippen LogP contribution in [0, 0.1) is 5.92 Å². The second-order valence-electron chi connectivity index (χ2n) is 3.81. The highest BCUT2D eigenvalue weighted by atomic mass is 16.3. The molecule has 0 radical (unpaired) electrons. The van der Waals surface area contributed by atoms with E-state index >= 15 is 0 Å². The van der Waals surface area contributed by atoms with Crippen LogP contribution in [0.15, 0.2) is 0 Å². The quantitative estimate of drug-likeness (QED) is 0.620. The Labute approximate surface area is 92.7 Å². The Kier molecular flexibility index (Phi) is 8.33. The highest BCUT2D eigenvalue weighted by Crippen LogP contribution is 1.97. The molecular weight excluding hydrogens is 192 g/mol. The van der Waals surface area contributed by atoms with Gasteiger partial charge in [-0.15, -0.1) is 0 Å². The molecule has 1 atom stereocenters. The van der Waals surface area contributed by atoms with E-state index in [9.17, 15) is 4.79 Å². The molecule has 4 nitrogen and oxygen atoms in total. The Bertz CT molecular complexity index is 170. The average Bonchev–Trinajstić information content (AvgIpc) is 2.20. The first-order chi connectivity index (χ1) is 7.15. The Hall–Kier alpha value is -0.610. The maximum Gasteiger partial charge on any atom is 0.236 e. The van der Waals surface area contributed by atoms with Crippen molar-refractivity contribution in [2.75, 3.05) is 32.8 Å². The molecular formula is C11H24N2O2. The summed E-state index contributed by atoms with van der Waals surface area (Å²) in [6.45, 7) is 8.96. The van der Waals surface area contributed by atoms with E-state index in [1.807, 2.05) is 18.7 Å². The highest BCUT2D eigenvalue weighted by Gasteiger charge is 2.09. The largest absolute Gasteiger partial charge is 0.396 e. The summed E-state index contributed by atoms with van der Waals surface area (Å²) < 4.78 is 0. The number of amides is 1. The van der Waals surface area contributed by atoms with Gasteiger partial charge >= 0.3 is 0 Å². The number of carbonyl (C=O) groups is 1. The molecule has 0 aliphatic carbocycles. The van der Waals surface area contributed by atoms with E-state index in [1.54, 1.807) is 0 Å². The molecule has 0 saturated carbocycles. The fourth-order valence-corrected chi connectivity index (χ4v) is 1.44. The number of aliphatic hydroxyl groups excluding tert-OH is 1. The number of aliphatic hydroxyl groups is 1. The van der Waals surface area contributed by atoms with Gasteiger partial charge in [-0.2, -0.15) is 0 Å². The van der Waals surface area contributed by atoms with Crippen LogP contribution in [0.25, 0.3) is 0 Å². The summed E-state index contributed by atoms with van der Waals surface area (Å²) in [5.74, 6) is 0.565. The van der Waals surface area contributed by atoms with Crippen molar-refractivity contribution < 1.29 is 9.90 Å². The van der Waals surface area contributed by atoms with Gasteiger partial charge in [0.15, 0.2) is 0 Å². The summed E-state index contributed by atoms with van der Waals surface area (Å²) in [6.07, 6.45) is 0.784. The Morgan fingerprint density at radius 2 is 2.00 bits per heavy atom. The van der Waals surface area contributed by atoms with Crippen molar-refractivity contribution in [1.29, 1.82) is 0 Å². The van der Waals surface area contributed by atoms with Crippen LogP contribution in [-0.2, 0) is 4.79 Å². The molecule has 15 heavy (non-hydrogen) atoms. The molecule has 0 bridgehead atoms. The first-order valence-corrected chi connectivity index (χ1v) is 5.75. The molecule has 0 saturated heterocycles. The van der Waals surface area contributed by atoms with Crippen LogP contribution >= 0.6 is 0 Å². The smallest absolute Gasteiger partial charge is 0.236 e. The van der Waals surface area contributed by atoms with Gasteiger partial charge in [-0.05, 0) is 32.7 Å². The Morgan fingerprint density at radius 1 is 1.40 bits per heavy atom. The third-order valence-corrected chi connectivity index (χ3v) is 2.51. The van der Waals surface area contributed by atoms with E-state index in [-0.39, 0.29) is 12.5 Å². The molecule has 0 heterocycles. The van der Waals surface area contributed by atoms with E-state index in [4.69, 9.17) is 5.11 Å². The van der Waals surface area contributed by atoms with Crippen LogP contribution in [0.2, 0.25) is 0 Å². The number of hydrogen-bond acceptors (Lipinski definition) is 3. The maximum atomic E-state index is 11.6.